The Morgan fingerprint density at radius 3 is 2.67 bits per heavy atom. The second-order valence-electron chi connectivity index (χ2n) is 5.23. The van der Waals surface area contributed by atoms with Crippen LogP contribution in [0.5, 0.6) is 0 Å². The number of rotatable bonds is 4. The second-order valence-corrected chi connectivity index (χ2v) is 6.14. The molecule has 0 aliphatic carbocycles. The predicted molar refractivity (Wildman–Crippen MR) is 94.8 cm³/mol. The van der Waals surface area contributed by atoms with Gasteiger partial charge in [0.2, 0.25) is 5.91 Å². The highest BCUT2D eigenvalue weighted by Gasteiger charge is 2.11. The van der Waals surface area contributed by atoms with Crippen molar-refractivity contribution >= 4 is 44.7 Å². The first-order chi connectivity index (χ1) is 11.6. The van der Waals surface area contributed by atoms with Crippen molar-refractivity contribution in [2.45, 2.75) is 6.54 Å². The van der Waals surface area contributed by atoms with Gasteiger partial charge in [-0.05, 0) is 42.5 Å². The minimum Gasteiger partial charge on any atom is -0.337 e. The lowest BCUT2D eigenvalue weighted by molar-refractivity contribution is -0.116. The maximum Gasteiger partial charge on any atom is 0.244 e. The molecule has 0 radical (unpaired) electrons. The van der Waals surface area contributed by atoms with E-state index in [0.29, 0.717) is 16.8 Å². The number of carbonyl (C=O) groups is 2. The topological polar surface area (TPSA) is 74.9 Å². The standard InChI is InChI=1S/C18H12BrN3O2/c19-14-3-6-17-16(7-14)13(11-23)9-22(17)10-18(24)21-15-4-1-12(8-20)2-5-15/h1-7,9,11H,10H2,(H,21,24). The van der Waals surface area contributed by atoms with E-state index >= 15 is 0 Å². The highest BCUT2D eigenvalue weighted by molar-refractivity contribution is 9.10. The molecule has 0 fully saturated rings. The molecule has 1 amide bonds. The molecule has 0 bridgehead atoms. The van der Waals surface area contributed by atoms with Gasteiger partial charge in [-0.1, -0.05) is 15.9 Å². The van der Waals surface area contributed by atoms with E-state index in [-0.39, 0.29) is 12.5 Å². The van der Waals surface area contributed by atoms with Crippen LogP contribution in [0.1, 0.15) is 15.9 Å². The van der Waals surface area contributed by atoms with Crippen LogP contribution < -0.4 is 5.32 Å². The lowest BCUT2D eigenvalue weighted by atomic mass is 10.2. The third-order valence-corrected chi connectivity index (χ3v) is 4.11. The van der Waals surface area contributed by atoms with Gasteiger partial charge >= 0.3 is 0 Å². The van der Waals surface area contributed by atoms with Crippen LogP contribution >= 0.6 is 15.9 Å². The summed E-state index contributed by atoms with van der Waals surface area (Å²) in [5.41, 5.74) is 2.51. The van der Waals surface area contributed by atoms with Gasteiger partial charge in [-0.2, -0.15) is 5.26 Å². The van der Waals surface area contributed by atoms with E-state index in [4.69, 9.17) is 5.26 Å². The van der Waals surface area contributed by atoms with Crippen LogP contribution in [0.25, 0.3) is 10.9 Å². The number of carbonyl (C=O) groups excluding carboxylic acids is 2. The fraction of sp³-hybridized carbons (Fsp3) is 0.0556. The van der Waals surface area contributed by atoms with Crippen molar-refractivity contribution in [3.8, 4) is 6.07 Å². The van der Waals surface area contributed by atoms with Gasteiger partial charge in [0.05, 0.1) is 11.6 Å². The number of benzene rings is 2. The third kappa shape index (κ3) is 3.21. The fourth-order valence-corrected chi connectivity index (χ4v) is 2.87. The van der Waals surface area contributed by atoms with Gasteiger partial charge in [-0.3, -0.25) is 9.59 Å². The molecule has 3 rings (SSSR count). The Morgan fingerprint density at radius 1 is 1.25 bits per heavy atom. The van der Waals surface area contributed by atoms with Gasteiger partial charge in [0.15, 0.2) is 6.29 Å². The number of nitrogens with zero attached hydrogens (tertiary/aromatic N) is 2. The largest absolute Gasteiger partial charge is 0.337 e. The van der Waals surface area contributed by atoms with E-state index in [9.17, 15) is 9.59 Å². The monoisotopic (exact) mass is 381 g/mol. The van der Waals surface area contributed by atoms with Gasteiger partial charge in [0.25, 0.3) is 0 Å². The molecular formula is C18H12BrN3O2. The Kier molecular flexibility index (Phi) is 4.45. The van der Waals surface area contributed by atoms with E-state index < -0.39 is 0 Å². The molecule has 0 atom stereocenters. The van der Waals surface area contributed by atoms with Crippen molar-refractivity contribution in [2.24, 2.45) is 0 Å². The SMILES string of the molecule is N#Cc1ccc(NC(=O)Cn2cc(C=O)c3cc(Br)ccc32)cc1. The molecule has 3 aromatic rings. The number of aldehydes is 1. The number of hydrogen-bond donors (Lipinski definition) is 1. The molecule has 0 spiro atoms. The van der Waals surface area contributed by atoms with Crippen molar-refractivity contribution in [3.05, 3.63) is 64.3 Å². The minimum atomic E-state index is -0.211. The lowest BCUT2D eigenvalue weighted by Crippen LogP contribution is -2.18. The molecular weight excluding hydrogens is 370 g/mol. The van der Waals surface area contributed by atoms with Gasteiger partial charge in [0.1, 0.15) is 6.54 Å². The lowest BCUT2D eigenvalue weighted by Gasteiger charge is -2.07. The second kappa shape index (κ2) is 6.69. The van der Waals surface area contributed by atoms with Crippen molar-refractivity contribution in [3.63, 3.8) is 0 Å². The predicted octanol–water partition coefficient (Wildman–Crippen LogP) is 3.73. The van der Waals surface area contributed by atoms with E-state index in [1.165, 1.54) is 0 Å². The Hall–Kier alpha value is -2.91. The van der Waals surface area contributed by atoms with Crippen LogP contribution in [-0.4, -0.2) is 16.8 Å². The summed E-state index contributed by atoms with van der Waals surface area (Å²) < 4.78 is 2.61. The van der Waals surface area contributed by atoms with Crippen molar-refractivity contribution in [1.82, 2.24) is 4.57 Å². The molecule has 2 aromatic carbocycles. The van der Waals surface area contributed by atoms with Crippen LogP contribution in [0.2, 0.25) is 0 Å². The Labute approximate surface area is 146 Å². The van der Waals surface area contributed by atoms with E-state index in [1.807, 2.05) is 24.3 Å². The number of anilines is 1. The van der Waals surface area contributed by atoms with Gasteiger partial charge < -0.3 is 9.88 Å². The first-order valence-electron chi connectivity index (χ1n) is 7.14. The molecule has 5 nitrogen and oxygen atoms in total. The molecule has 0 unspecified atom stereocenters. The summed E-state index contributed by atoms with van der Waals surface area (Å²) in [6.45, 7) is 0.0893. The zero-order chi connectivity index (χ0) is 17.1. The van der Waals surface area contributed by atoms with E-state index in [1.54, 1.807) is 35.0 Å². The normalized spacial score (nSPS) is 10.3. The zero-order valence-corrected chi connectivity index (χ0v) is 14.1. The minimum absolute atomic E-state index is 0.0893. The van der Waals surface area contributed by atoms with Crippen molar-refractivity contribution in [2.75, 3.05) is 5.32 Å². The van der Waals surface area contributed by atoms with E-state index in [2.05, 4.69) is 21.2 Å². The van der Waals surface area contributed by atoms with Gasteiger partial charge in [0, 0.05) is 32.8 Å². The quantitative estimate of drug-likeness (QED) is 0.699. The summed E-state index contributed by atoms with van der Waals surface area (Å²) in [6, 6.07) is 14.3. The molecule has 1 heterocycles. The molecule has 1 aromatic heterocycles. The summed E-state index contributed by atoms with van der Waals surface area (Å²) in [6.07, 6.45) is 2.45. The van der Waals surface area contributed by atoms with Crippen LogP contribution in [0.3, 0.4) is 0 Å². The van der Waals surface area contributed by atoms with Crippen molar-refractivity contribution in [1.29, 1.82) is 5.26 Å². The first kappa shape index (κ1) is 16.0. The Morgan fingerprint density at radius 2 is 2.00 bits per heavy atom. The molecule has 118 valence electrons. The summed E-state index contributed by atoms with van der Waals surface area (Å²) >= 11 is 3.38. The number of aromatic nitrogens is 1. The number of nitrogens with one attached hydrogen (secondary N) is 1. The molecule has 6 heteroatoms. The van der Waals surface area contributed by atoms with Crippen LogP contribution in [0, 0.1) is 11.3 Å². The molecule has 24 heavy (non-hydrogen) atoms. The Bertz CT molecular complexity index is 968. The maximum atomic E-state index is 12.3. The Balaban J connectivity index is 1.82. The summed E-state index contributed by atoms with van der Waals surface area (Å²) in [4.78, 5) is 23.5. The fourth-order valence-electron chi connectivity index (χ4n) is 2.50. The van der Waals surface area contributed by atoms with Crippen LogP contribution in [0.4, 0.5) is 5.69 Å². The van der Waals surface area contributed by atoms with Crippen molar-refractivity contribution < 1.29 is 9.59 Å². The van der Waals surface area contributed by atoms with Crippen LogP contribution in [-0.2, 0) is 11.3 Å². The van der Waals surface area contributed by atoms with Gasteiger partial charge in [-0.25, -0.2) is 0 Å². The molecule has 0 saturated carbocycles. The highest BCUT2D eigenvalue weighted by Crippen LogP contribution is 2.24. The van der Waals surface area contributed by atoms with E-state index in [0.717, 1.165) is 21.7 Å². The van der Waals surface area contributed by atoms with Crippen LogP contribution in [0.15, 0.2) is 53.1 Å². The number of halogens is 1. The molecule has 1 N–H and O–H groups in total. The van der Waals surface area contributed by atoms with Gasteiger partial charge in [-0.15, -0.1) is 0 Å². The third-order valence-electron chi connectivity index (χ3n) is 3.61. The zero-order valence-electron chi connectivity index (χ0n) is 12.5. The number of fused-ring (bicyclic) bond motifs is 1. The molecule has 0 saturated heterocycles. The first-order valence-corrected chi connectivity index (χ1v) is 7.93. The highest BCUT2D eigenvalue weighted by atomic mass is 79.9. The summed E-state index contributed by atoms with van der Waals surface area (Å²) in [5.74, 6) is -0.211. The molecule has 0 aliphatic heterocycles. The number of hydrogen-bond acceptors (Lipinski definition) is 3. The average molecular weight is 382 g/mol. The number of amides is 1. The number of nitriles is 1. The molecule has 0 aliphatic rings. The maximum absolute atomic E-state index is 12.3. The average Bonchev–Trinajstić information content (AvgIpc) is 2.92. The smallest absolute Gasteiger partial charge is 0.244 e. The summed E-state index contributed by atoms with van der Waals surface area (Å²) in [5, 5.41) is 12.4. The summed E-state index contributed by atoms with van der Waals surface area (Å²) in [7, 11) is 0.